The van der Waals surface area contributed by atoms with Gasteiger partial charge in [-0.3, -0.25) is 4.90 Å². The fourth-order valence-corrected chi connectivity index (χ4v) is 1.58. The molecule has 0 saturated heterocycles. The Morgan fingerprint density at radius 2 is 1.50 bits per heavy atom. The van der Waals surface area contributed by atoms with Crippen LogP contribution < -0.4 is 0 Å². The molecule has 0 amide bonds. The van der Waals surface area contributed by atoms with Crippen molar-refractivity contribution in [2.75, 3.05) is 6.54 Å². The zero-order valence-corrected chi connectivity index (χ0v) is 9.14. The second-order valence-electron chi connectivity index (χ2n) is 3.99. The average Bonchev–Trinajstić information content (AvgIpc) is 1.96. The summed E-state index contributed by atoms with van der Waals surface area (Å²) in [5.74, 6) is 0. The Balaban J connectivity index is 3.64. The molecule has 0 N–H and O–H groups in total. The van der Waals surface area contributed by atoms with E-state index < -0.39 is 0 Å². The zero-order valence-electron chi connectivity index (χ0n) is 9.14. The lowest BCUT2D eigenvalue weighted by Gasteiger charge is -2.30. The topological polar surface area (TPSA) is 3.24 Å². The molecule has 0 aliphatic heterocycles. The van der Waals surface area contributed by atoms with E-state index >= 15 is 0 Å². The molecule has 0 heterocycles. The highest BCUT2D eigenvalue weighted by Gasteiger charge is 2.11. The van der Waals surface area contributed by atoms with Gasteiger partial charge in [-0.05, 0) is 40.7 Å². The lowest BCUT2D eigenvalue weighted by molar-refractivity contribution is 0.172. The molecule has 0 saturated carbocycles. The first-order valence-electron chi connectivity index (χ1n) is 5.14. The average molecular weight is 170 g/mol. The van der Waals surface area contributed by atoms with Gasteiger partial charge in [-0.2, -0.15) is 0 Å². The van der Waals surface area contributed by atoms with Crippen LogP contribution in [0.1, 0.15) is 47.0 Å². The van der Waals surface area contributed by atoms with Gasteiger partial charge in [-0.1, -0.05) is 19.8 Å². The Morgan fingerprint density at radius 1 is 1.00 bits per heavy atom. The lowest BCUT2D eigenvalue weighted by atomic mass is 10.2. The molecular weight excluding hydrogens is 146 g/mol. The number of nitrogens with zero attached hydrogens (tertiary/aromatic N) is 1. The van der Waals surface area contributed by atoms with Crippen LogP contribution in [-0.2, 0) is 0 Å². The summed E-state index contributed by atoms with van der Waals surface area (Å²) in [5, 5.41) is 0. The van der Waals surface area contributed by atoms with Gasteiger partial charge in [0, 0.05) is 12.1 Å². The van der Waals surface area contributed by atoms with Crippen LogP contribution in [0.15, 0.2) is 0 Å². The smallest absolute Gasteiger partial charge is 0.00412 e. The van der Waals surface area contributed by atoms with Crippen molar-refractivity contribution in [3.8, 4) is 0 Å². The van der Waals surface area contributed by atoms with Crippen LogP contribution in [0.4, 0.5) is 0 Å². The van der Waals surface area contributed by atoms with E-state index in [1.54, 1.807) is 0 Å². The zero-order chi connectivity index (χ0) is 9.56. The number of unbranched alkanes of at least 4 members (excludes halogenated alkanes) is 2. The van der Waals surface area contributed by atoms with E-state index in [4.69, 9.17) is 0 Å². The Kier molecular flexibility index (Phi) is 6.45. The van der Waals surface area contributed by atoms with Crippen molar-refractivity contribution in [1.82, 2.24) is 4.90 Å². The Bertz CT molecular complexity index is 89.2. The molecule has 0 fully saturated rings. The van der Waals surface area contributed by atoms with Crippen molar-refractivity contribution in [3.05, 3.63) is 6.92 Å². The summed E-state index contributed by atoms with van der Waals surface area (Å²) in [6.45, 7) is 14.2. The monoisotopic (exact) mass is 170 g/mol. The summed E-state index contributed by atoms with van der Waals surface area (Å²) in [4.78, 5) is 2.54. The van der Waals surface area contributed by atoms with E-state index in [1.807, 2.05) is 0 Å². The third-order valence-electron chi connectivity index (χ3n) is 2.24. The minimum absolute atomic E-state index is 0.676. The van der Waals surface area contributed by atoms with E-state index in [0.29, 0.717) is 12.1 Å². The minimum Gasteiger partial charge on any atom is -0.299 e. The fourth-order valence-electron chi connectivity index (χ4n) is 1.58. The molecule has 0 atom stereocenters. The lowest BCUT2D eigenvalue weighted by Crippen LogP contribution is -2.37. The summed E-state index contributed by atoms with van der Waals surface area (Å²) >= 11 is 0. The van der Waals surface area contributed by atoms with Gasteiger partial charge in [-0.15, -0.1) is 0 Å². The highest BCUT2D eigenvalue weighted by molar-refractivity contribution is 4.66. The molecule has 0 aromatic heterocycles. The van der Waals surface area contributed by atoms with Crippen molar-refractivity contribution in [2.24, 2.45) is 0 Å². The van der Waals surface area contributed by atoms with E-state index in [1.165, 1.54) is 19.4 Å². The maximum atomic E-state index is 3.85. The fraction of sp³-hybridized carbons (Fsp3) is 0.909. The molecule has 73 valence electrons. The van der Waals surface area contributed by atoms with Crippen LogP contribution in [0.25, 0.3) is 0 Å². The van der Waals surface area contributed by atoms with Gasteiger partial charge < -0.3 is 0 Å². The molecule has 0 rings (SSSR count). The Morgan fingerprint density at radius 3 is 1.83 bits per heavy atom. The first-order valence-corrected chi connectivity index (χ1v) is 5.14. The van der Waals surface area contributed by atoms with Crippen molar-refractivity contribution in [2.45, 2.75) is 59.0 Å². The van der Waals surface area contributed by atoms with Gasteiger partial charge in [0.2, 0.25) is 0 Å². The van der Waals surface area contributed by atoms with Gasteiger partial charge in [-0.25, -0.2) is 0 Å². The van der Waals surface area contributed by atoms with Gasteiger partial charge in [0.25, 0.3) is 0 Å². The standard InChI is InChI=1S/C11H24N/c1-6-7-8-9-12(10(2)3)11(4)5/h10-11H,1,6-9H2,2-5H3. The molecule has 1 radical (unpaired) electrons. The van der Waals surface area contributed by atoms with E-state index in [0.717, 1.165) is 6.42 Å². The molecule has 1 nitrogen and oxygen atoms in total. The molecule has 0 spiro atoms. The van der Waals surface area contributed by atoms with Crippen molar-refractivity contribution >= 4 is 0 Å². The van der Waals surface area contributed by atoms with Crippen LogP contribution in [0.5, 0.6) is 0 Å². The first kappa shape index (κ1) is 12.0. The summed E-state index contributed by atoms with van der Waals surface area (Å²) in [5.41, 5.74) is 0. The van der Waals surface area contributed by atoms with Crippen molar-refractivity contribution < 1.29 is 0 Å². The van der Waals surface area contributed by atoms with Gasteiger partial charge in [0.1, 0.15) is 0 Å². The van der Waals surface area contributed by atoms with Crippen LogP contribution >= 0.6 is 0 Å². The molecule has 0 aliphatic rings. The normalized spacial score (nSPS) is 12.0. The van der Waals surface area contributed by atoms with Crippen molar-refractivity contribution in [1.29, 1.82) is 0 Å². The maximum absolute atomic E-state index is 3.85. The van der Waals surface area contributed by atoms with Gasteiger partial charge >= 0.3 is 0 Å². The molecule has 0 aromatic carbocycles. The molecule has 0 aromatic rings. The van der Waals surface area contributed by atoms with E-state index in [9.17, 15) is 0 Å². The summed E-state index contributed by atoms with van der Waals surface area (Å²) in [6, 6.07) is 1.35. The largest absolute Gasteiger partial charge is 0.299 e. The Labute approximate surface area is 78.1 Å². The number of hydrogen-bond donors (Lipinski definition) is 0. The van der Waals surface area contributed by atoms with Crippen LogP contribution in [0, 0.1) is 6.92 Å². The second kappa shape index (κ2) is 6.47. The third kappa shape index (κ3) is 4.76. The quantitative estimate of drug-likeness (QED) is 0.554. The van der Waals surface area contributed by atoms with Crippen molar-refractivity contribution in [3.63, 3.8) is 0 Å². The van der Waals surface area contributed by atoms with Gasteiger partial charge in [0.15, 0.2) is 0 Å². The molecule has 1 heteroatoms. The predicted molar refractivity (Wildman–Crippen MR) is 56.2 cm³/mol. The minimum atomic E-state index is 0.676. The highest BCUT2D eigenvalue weighted by Crippen LogP contribution is 2.07. The number of hydrogen-bond acceptors (Lipinski definition) is 1. The molecule has 12 heavy (non-hydrogen) atoms. The summed E-state index contributed by atoms with van der Waals surface area (Å²) < 4.78 is 0. The third-order valence-corrected chi connectivity index (χ3v) is 2.24. The predicted octanol–water partition coefficient (Wildman–Crippen LogP) is 3.11. The highest BCUT2D eigenvalue weighted by atomic mass is 15.2. The SMILES string of the molecule is [CH2]CCCCN(C(C)C)C(C)C. The summed E-state index contributed by atoms with van der Waals surface area (Å²) in [7, 11) is 0. The van der Waals surface area contributed by atoms with Crippen LogP contribution in [0.2, 0.25) is 0 Å². The molecule has 0 unspecified atom stereocenters. The molecule has 0 aliphatic carbocycles. The molecular formula is C11H24N. The van der Waals surface area contributed by atoms with Crippen LogP contribution in [-0.4, -0.2) is 23.5 Å². The van der Waals surface area contributed by atoms with E-state index in [2.05, 4.69) is 39.5 Å². The summed E-state index contributed by atoms with van der Waals surface area (Å²) in [6.07, 6.45) is 3.62. The van der Waals surface area contributed by atoms with Crippen LogP contribution in [0.3, 0.4) is 0 Å². The van der Waals surface area contributed by atoms with Gasteiger partial charge in [0.05, 0.1) is 0 Å². The second-order valence-corrected chi connectivity index (χ2v) is 3.99. The van der Waals surface area contributed by atoms with E-state index in [-0.39, 0.29) is 0 Å². The molecule has 0 bridgehead atoms. The Hall–Kier alpha value is -0.0400. The maximum Gasteiger partial charge on any atom is 0.00412 e. The first-order chi connectivity index (χ1) is 5.59. The number of rotatable bonds is 6.